The highest BCUT2D eigenvalue weighted by Crippen LogP contribution is 2.04. The molecule has 64 valence electrons. The largest absolute Gasteiger partial charge is 0.239 e. The highest BCUT2D eigenvalue weighted by molar-refractivity contribution is 7.93. The molecule has 0 atom stereocenters. The molecule has 0 amide bonds. The third kappa shape index (κ3) is 2.86. The first-order valence-corrected chi connectivity index (χ1v) is 4.79. The van der Waals surface area contributed by atoms with Crippen molar-refractivity contribution in [3.05, 3.63) is 23.1 Å². The SMILES string of the molecule is CC=CC(=CC)S(=O)(=O)NC. The molecule has 0 saturated heterocycles. The van der Waals surface area contributed by atoms with Crippen LogP contribution >= 0.6 is 0 Å². The second kappa shape index (κ2) is 4.31. The van der Waals surface area contributed by atoms with E-state index in [1.165, 1.54) is 7.05 Å². The van der Waals surface area contributed by atoms with Gasteiger partial charge in [-0.25, -0.2) is 13.1 Å². The fourth-order valence-electron chi connectivity index (χ4n) is 0.623. The minimum atomic E-state index is -3.25. The van der Waals surface area contributed by atoms with E-state index < -0.39 is 10.0 Å². The lowest BCUT2D eigenvalue weighted by Gasteiger charge is -2.00. The molecule has 0 fully saturated rings. The van der Waals surface area contributed by atoms with Gasteiger partial charge in [-0.3, -0.25) is 0 Å². The van der Waals surface area contributed by atoms with E-state index in [4.69, 9.17) is 0 Å². The maximum atomic E-state index is 11.1. The van der Waals surface area contributed by atoms with E-state index in [0.717, 1.165) is 0 Å². The minimum absolute atomic E-state index is 0.294. The van der Waals surface area contributed by atoms with Crippen LogP contribution in [0.2, 0.25) is 0 Å². The van der Waals surface area contributed by atoms with Crippen LogP contribution in [0.5, 0.6) is 0 Å². The third-order valence-corrected chi connectivity index (χ3v) is 2.72. The molecule has 0 aliphatic carbocycles. The summed E-state index contributed by atoms with van der Waals surface area (Å²) < 4.78 is 24.4. The van der Waals surface area contributed by atoms with Gasteiger partial charge < -0.3 is 0 Å². The van der Waals surface area contributed by atoms with Gasteiger partial charge in [0, 0.05) is 0 Å². The van der Waals surface area contributed by atoms with Crippen molar-refractivity contribution >= 4 is 10.0 Å². The van der Waals surface area contributed by atoms with Crippen LogP contribution in [-0.4, -0.2) is 15.5 Å². The Kier molecular flexibility index (Phi) is 4.07. The summed E-state index contributed by atoms with van der Waals surface area (Å²) in [4.78, 5) is 0.294. The minimum Gasteiger partial charge on any atom is -0.214 e. The van der Waals surface area contributed by atoms with E-state index in [1.807, 2.05) is 0 Å². The van der Waals surface area contributed by atoms with Crippen molar-refractivity contribution in [1.82, 2.24) is 4.72 Å². The van der Waals surface area contributed by atoms with Crippen LogP contribution < -0.4 is 4.72 Å². The molecule has 0 aliphatic heterocycles. The van der Waals surface area contributed by atoms with Gasteiger partial charge in [0.25, 0.3) is 0 Å². The Labute approximate surface area is 67.9 Å². The summed E-state index contributed by atoms with van der Waals surface area (Å²) in [7, 11) is -1.86. The number of hydrogen-bond donors (Lipinski definition) is 1. The van der Waals surface area contributed by atoms with E-state index in [2.05, 4.69) is 4.72 Å². The quantitative estimate of drug-likeness (QED) is 0.651. The average Bonchev–Trinajstić information content (AvgIpc) is 2.00. The number of nitrogens with one attached hydrogen (secondary N) is 1. The van der Waals surface area contributed by atoms with Crippen molar-refractivity contribution in [2.45, 2.75) is 13.8 Å². The summed E-state index contributed by atoms with van der Waals surface area (Å²) in [5.41, 5.74) is 0. The maximum absolute atomic E-state index is 11.1. The topological polar surface area (TPSA) is 46.2 Å². The molecule has 0 rings (SSSR count). The molecule has 11 heavy (non-hydrogen) atoms. The highest BCUT2D eigenvalue weighted by atomic mass is 32.2. The van der Waals surface area contributed by atoms with Crippen LogP contribution in [-0.2, 0) is 10.0 Å². The van der Waals surface area contributed by atoms with E-state index in [0.29, 0.717) is 4.91 Å². The maximum Gasteiger partial charge on any atom is 0.239 e. The predicted molar refractivity (Wildman–Crippen MR) is 46.6 cm³/mol. The third-order valence-electron chi connectivity index (χ3n) is 1.19. The summed E-state index contributed by atoms with van der Waals surface area (Å²) in [5.74, 6) is 0. The van der Waals surface area contributed by atoms with Crippen molar-refractivity contribution in [2.75, 3.05) is 7.05 Å². The molecular formula is C7H13NO2S. The predicted octanol–water partition coefficient (Wildman–Crippen LogP) is 1.02. The number of hydrogen-bond acceptors (Lipinski definition) is 2. The molecule has 4 heteroatoms. The molecule has 0 radical (unpaired) electrons. The molecule has 0 saturated carbocycles. The van der Waals surface area contributed by atoms with E-state index in [1.54, 1.807) is 32.1 Å². The zero-order valence-corrected chi connectivity index (χ0v) is 7.77. The molecule has 0 aromatic carbocycles. The van der Waals surface area contributed by atoms with Crippen molar-refractivity contribution in [1.29, 1.82) is 0 Å². The molecule has 0 spiro atoms. The lowest BCUT2D eigenvalue weighted by Crippen LogP contribution is -2.19. The standard InChI is InChI=1S/C7H13NO2S/c1-4-6-7(5-2)11(9,10)8-3/h4-6,8H,1-3H3. The number of allylic oxidation sites excluding steroid dienone is 3. The lowest BCUT2D eigenvalue weighted by atomic mass is 10.4. The molecule has 0 aromatic rings. The van der Waals surface area contributed by atoms with Crippen molar-refractivity contribution in [3.8, 4) is 0 Å². The van der Waals surface area contributed by atoms with Gasteiger partial charge in [0.1, 0.15) is 0 Å². The molecule has 1 N–H and O–H groups in total. The molecule has 0 heterocycles. The Morgan fingerprint density at radius 2 is 1.91 bits per heavy atom. The average molecular weight is 175 g/mol. The monoisotopic (exact) mass is 175 g/mol. The zero-order valence-electron chi connectivity index (χ0n) is 6.96. The highest BCUT2D eigenvalue weighted by Gasteiger charge is 2.09. The smallest absolute Gasteiger partial charge is 0.214 e. The van der Waals surface area contributed by atoms with Crippen LogP contribution in [0.4, 0.5) is 0 Å². The van der Waals surface area contributed by atoms with Gasteiger partial charge in [-0.2, -0.15) is 0 Å². The van der Waals surface area contributed by atoms with Gasteiger partial charge in [-0.15, -0.1) is 0 Å². The Hall–Kier alpha value is -0.610. The van der Waals surface area contributed by atoms with Gasteiger partial charge in [-0.1, -0.05) is 12.2 Å². The van der Waals surface area contributed by atoms with Crippen LogP contribution in [0.3, 0.4) is 0 Å². The Bertz CT molecular complexity index is 262. The lowest BCUT2D eigenvalue weighted by molar-refractivity contribution is 0.595. The second-order valence-electron chi connectivity index (χ2n) is 1.90. The normalized spacial score (nSPS) is 14.3. The fraction of sp³-hybridized carbons (Fsp3) is 0.429. The Morgan fingerprint density at radius 3 is 2.18 bits per heavy atom. The molecular weight excluding hydrogens is 162 g/mol. The Morgan fingerprint density at radius 1 is 1.36 bits per heavy atom. The molecule has 0 unspecified atom stereocenters. The summed E-state index contributed by atoms with van der Waals surface area (Å²) in [5, 5.41) is 0. The molecule has 0 aliphatic rings. The van der Waals surface area contributed by atoms with Gasteiger partial charge in [0.05, 0.1) is 4.91 Å². The van der Waals surface area contributed by atoms with Crippen LogP contribution in [0.1, 0.15) is 13.8 Å². The first-order valence-electron chi connectivity index (χ1n) is 3.31. The summed E-state index contributed by atoms with van der Waals surface area (Å²) in [6.07, 6.45) is 4.78. The van der Waals surface area contributed by atoms with E-state index in [9.17, 15) is 8.42 Å². The first kappa shape index (κ1) is 10.4. The molecule has 0 aromatic heterocycles. The first-order chi connectivity index (χ1) is 5.08. The van der Waals surface area contributed by atoms with Crippen LogP contribution in [0, 0.1) is 0 Å². The van der Waals surface area contributed by atoms with Crippen molar-refractivity contribution < 1.29 is 8.42 Å². The number of sulfonamides is 1. The van der Waals surface area contributed by atoms with Crippen LogP contribution in [0.25, 0.3) is 0 Å². The van der Waals surface area contributed by atoms with Gasteiger partial charge in [0.2, 0.25) is 10.0 Å². The second-order valence-corrected chi connectivity index (χ2v) is 3.79. The van der Waals surface area contributed by atoms with Crippen molar-refractivity contribution in [2.24, 2.45) is 0 Å². The van der Waals surface area contributed by atoms with Crippen molar-refractivity contribution in [3.63, 3.8) is 0 Å². The fourth-order valence-corrected chi connectivity index (χ4v) is 1.48. The molecule has 3 nitrogen and oxygen atoms in total. The summed E-state index contributed by atoms with van der Waals surface area (Å²) >= 11 is 0. The number of rotatable bonds is 3. The van der Waals surface area contributed by atoms with E-state index in [-0.39, 0.29) is 0 Å². The van der Waals surface area contributed by atoms with Crippen LogP contribution in [0.15, 0.2) is 23.1 Å². The molecule has 0 bridgehead atoms. The van der Waals surface area contributed by atoms with Gasteiger partial charge in [-0.05, 0) is 27.0 Å². The zero-order chi connectivity index (χ0) is 8.91. The van der Waals surface area contributed by atoms with E-state index >= 15 is 0 Å². The van der Waals surface area contributed by atoms with Gasteiger partial charge in [0.15, 0.2) is 0 Å². The summed E-state index contributed by atoms with van der Waals surface area (Å²) in [6, 6.07) is 0. The summed E-state index contributed by atoms with van der Waals surface area (Å²) in [6.45, 7) is 3.46. The van der Waals surface area contributed by atoms with Gasteiger partial charge >= 0.3 is 0 Å². The Balaban J connectivity index is 4.83.